The molecule has 0 aromatic rings. The van der Waals surface area contributed by atoms with Crippen LogP contribution in [0.1, 0.15) is 13.3 Å². The summed E-state index contributed by atoms with van der Waals surface area (Å²) in [5.41, 5.74) is 0. The molecular formula is C10H18O3. The first-order valence-electron chi connectivity index (χ1n) is 4.53. The molecule has 0 spiro atoms. The second-order valence-corrected chi connectivity index (χ2v) is 2.37. The van der Waals surface area contributed by atoms with E-state index in [2.05, 4.69) is 6.92 Å². The van der Waals surface area contributed by atoms with Crippen LogP contribution in [-0.2, 0) is 9.47 Å². The van der Waals surface area contributed by atoms with E-state index in [1.165, 1.54) is 0 Å². The molecule has 0 saturated heterocycles. The van der Waals surface area contributed by atoms with Crippen LogP contribution in [-0.4, -0.2) is 31.5 Å². The zero-order valence-corrected chi connectivity index (χ0v) is 8.11. The summed E-state index contributed by atoms with van der Waals surface area (Å²) in [6.45, 7) is 3.56. The normalized spacial score (nSPS) is 11.5. The molecule has 0 amide bonds. The summed E-state index contributed by atoms with van der Waals surface area (Å²) in [5, 5.41) is 8.38. The van der Waals surface area contributed by atoms with Gasteiger partial charge >= 0.3 is 0 Å². The molecule has 0 aromatic carbocycles. The molecule has 0 saturated carbocycles. The first-order chi connectivity index (χ1) is 6.41. The smallest absolute Gasteiger partial charge is 0.111 e. The fraction of sp³-hybridized carbons (Fsp3) is 0.600. The third kappa shape index (κ3) is 11.2. The minimum atomic E-state index is 0.0646. The first-order valence-corrected chi connectivity index (χ1v) is 4.53. The van der Waals surface area contributed by atoms with Crippen LogP contribution < -0.4 is 0 Å². The summed E-state index contributed by atoms with van der Waals surface area (Å²) in [4.78, 5) is 0. The van der Waals surface area contributed by atoms with Gasteiger partial charge in [0.2, 0.25) is 0 Å². The standard InChI is InChI=1S/C10H18O3/c1-2-3-4-5-7-12-9-10-13-8-6-11/h3-5,7,11H,2,6,8-10H2,1H3. The number of aliphatic hydroxyl groups excluding tert-OH is 1. The fourth-order valence-corrected chi connectivity index (χ4v) is 0.657. The van der Waals surface area contributed by atoms with Crippen LogP contribution in [0.3, 0.4) is 0 Å². The summed E-state index contributed by atoms with van der Waals surface area (Å²) in [5.74, 6) is 0. The summed E-state index contributed by atoms with van der Waals surface area (Å²) in [6, 6.07) is 0. The highest BCUT2D eigenvalue weighted by Gasteiger charge is 1.84. The molecule has 3 heteroatoms. The Morgan fingerprint density at radius 1 is 1.15 bits per heavy atom. The second-order valence-electron chi connectivity index (χ2n) is 2.37. The average molecular weight is 186 g/mol. The molecule has 76 valence electrons. The number of aliphatic hydroxyl groups is 1. The number of allylic oxidation sites excluding steroid dienone is 3. The van der Waals surface area contributed by atoms with Gasteiger partial charge < -0.3 is 14.6 Å². The molecule has 0 aliphatic rings. The number of ether oxygens (including phenoxy) is 2. The molecule has 0 aliphatic carbocycles. The minimum absolute atomic E-state index is 0.0646. The molecular weight excluding hydrogens is 168 g/mol. The Hall–Kier alpha value is -0.800. The van der Waals surface area contributed by atoms with Crippen LogP contribution in [0, 0.1) is 0 Å². The van der Waals surface area contributed by atoms with Gasteiger partial charge in [0.05, 0.1) is 26.1 Å². The number of hydrogen-bond donors (Lipinski definition) is 1. The maximum atomic E-state index is 8.38. The zero-order chi connectivity index (χ0) is 9.78. The van der Waals surface area contributed by atoms with Gasteiger partial charge in [-0.3, -0.25) is 0 Å². The lowest BCUT2D eigenvalue weighted by Crippen LogP contribution is -2.04. The minimum Gasteiger partial charge on any atom is -0.499 e. The fourth-order valence-electron chi connectivity index (χ4n) is 0.657. The topological polar surface area (TPSA) is 38.7 Å². The Bertz CT molecular complexity index is 141. The first kappa shape index (κ1) is 12.2. The van der Waals surface area contributed by atoms with Crippen molar-refractivity contribution in [2.75, 3.05) is 26.4 Å². The van der Waals surface area contributed by atoms with Gasteiger partial charge in [0, 0.05) is 0 Å². The number of hydrogen-bond acceptors (Lipinski definition) is 3. The molecule has 0 heterocycles. The van der Waals surface area contributed by atoms with Crippen molar-refractivity contribution in [2.24, 2.45) is 0 Å². The Morgan fingerprint density at radius 3 is 2.69 bits per heavy atom. The molecule has 0 radical (unpaired) electrons. The van der Waals surface area contributed by atoms with Crippen molar-refractivity contribution in [2.45, 2.75) is 13.3 Å². The third-order valence-corrected chi connectivity index (χ3v) is 1.24. The van der Waals surface area contributed by atoms with Crippen molar-refractivity contribution in [3.63, 3.8) is 0 Å². The summed E-state index contributed by atoms with van der Waals surface area (Å²) >= 11 is 0. The van der Waals surface area contributed by atoms with Crippen molar-refractivity contribution < 1.29 is 14.6 Å². The van der Waals surface area contributed by atoms with Gasteiger partial charge in [0.1, 0.15) is 6.61 Å². The van der Waals surface area contributed by atoms with E-state index in [1.54, 1.807) is 6.26 Å². The van der Waals surface area contributed by atoms with Crippen molar-refractivity contribution >= 4 is 0 Å². The van der Waals surface area contributed by atoms with Crippen LogP contribution >= 0.6 is 0 Å². The zero-order valence-electron chi connectivity index (χ0n) is 8.11. The molecule has 1 N–H and O–H groups in total. The van der Waals surface area contributed by atoms with E-state index in [1.807, 2.05) is 18.2 Å². The Labute approximate surface area is 79.7 Å². The van der Waals surface area contributed by atoms with Crippen molar-refractivity contribution in [1.82, 2.24) is 0 Å². The van der Waals surface area contributed by atoms with Gasteiger partial charge in [-0.05, 0) is 12.5 Å². The molecule has 0 fully saturated rings. The van der Waals surface area contributed by atoms with E-state index in [0.29, 0.717) is 19.8 Å². The molecule has 0 rings (SSSR count). The highest BCUT2D eigenvalue weighted by atomic mass is 16.5. The summed E-state index contributed by atoms with van der Waals surface area (Å²) < 4.78 is 10.1. The van der Waals surface area contributed by atoms with Crippen molar-refractivity contribution in [1.29, 1.82) is 0 Å². The lowest BCUT2D eigenvalue weighted by Gasteiger charge is -2.00. The summed E-state index contributed by atoms with van der Waals surface area (Å²) in [7, 11) is 0. The van der Waals surface area contributed by atoms with Gasteiger partial charge in [0.25, 0.3) is 0 Å². The third-order valence-electron chi connectivity index (χ3n) is 1.24. The van der Waals surface area contributed by atoms with Gasteiger partial charge in [-0.2, -0.15) is 0 Å². The molecule has 0 aromatic heterocycles. The highest BCUT2D eigenvalue weighted by molar-refractivity contribution is 4.98. The predicted octanol–water partition coefficient (Wildman–Crippen LogP) is 1.49. The van der Waals surface area contributed by atoms with Crippen LogP contribution in [0.25, 0.3) is 0 Å². The lowest BCUT2D eigenvalue weighted by atomic mass is 10.4. The lowest BCUT2D eigenvalue weighted by molar-refractivity contribution is 0.0601. The average Bonchev–Trinajstić information content (AvgIpc) is 2.16. The van der Waals surface area contributed by atoms with E-state index in [4.69, 9.17) is 14.6 Å². The molecule has 3 nitrogen and oxygen atoms in total. The molecule has 0 atom stereocenters. The highest BCUT2D eigenvalue weighted by Crippen LogP contribution is 1.84. The number of rotatable bonds is 8. The maximum absolute atomic E-state index is 8.38. The Morgan fingerprint density at radius 2 is 2.00 bits per heavy atom. The van der Waals surface area contributed by atoms with Gasteiger partial charge in [-0.15, -0.1) is 0 Å². The molecule has 0 bridgehead atoms. The van der Waals surface area contributed by atoms with E-state index >= 15 is 0 Å². The van der Waals surface area contributed by atoms with Gasteiger partial charge in [-0.25, -0.2) is 0 Å². The van der Waals surface area contributed by atoms with E-state index < -0.39 is 0 Å². The maximum Gasteiger partial charge on any atom is 0.111 e. The van der Waals surface area contributed by atoms with Gasteiger partial charge in [0.15, 0.2) is 0 Å². The summed E-state index contributed by atoms with van der Waals surface area (Å²) in [6.07, 6.45) is 8.49. The van der Waals surface area contributed by atoms with E-state index in [0.717, 1.165) is 6.42 Å². The molecule has 0 unspecified atom stereocenters. The van der Waals surface area contributed by atoms with Crippen LogP contribution in [0.15, 0.2) is 24.5 Å². The SMILES string of the molecule is CCC=CC=COCCOCCO. The van der Waals surface area contributed by atoms with E-state index in [9.17, 15) is 0 Å². The van der Waals surface area contributed by atoms with Crippen LogP contribution in [0.4, 0.5) is 0 Å². The monoisotopic (exact) mass is 186 g/mol. The molecule has 13 heavy (non-hydrogen) atoms. The quantitative estimate of drug-likeness (QED) is 0.354. The van der Waals surface area contributed by atoms with Crippen molar-refractivity contribution in [3.05, 3.63) is 24.5 Å². The second kappa shape index (κ2) is 11.2. The molecule has 0 aliphatic heterocycles. The van der Waals surface area contributed by atoms with Gasteiger partial charge in [-0.1, -0.05) is 19.1 Å². The van der Waals surface area contributed by atoms with Crippen LogP contribution in [0.2, 0.25) is 0 Å². The van der Waals surface area contributed by atoms with Crippen LogP contribution in [0.5, 0.6) is 0 Å². The predicted molar refractivity (Wildman–Crippen MR) is 52.4 cm³/mol. The Balaban J connectivity index is 3.06. The van der Waals surface area contributed by atoms with Crippen molar-refractivity contribution in [3.8, 4) is 0 Å². The largest absolute Gasteiger partial charge is 0.499 e. The van der Waals surface area contributed by atoms with E-state index in [-0.39, 0.29) is 6.61 Å². The Kier molecular flexibility index (Phi) is 10.5.